The SMILES string of the molecule is CCOc1ccccc1NC(=O)C(C)N1CCN(S(=O)(=O)c2ccccc2Cl)CC1. The first-order chi connectivity index (χ1) is 14.3. The molecule has 1 atom stereocenters. The van der Waals surface area contributed by atoms with Crippen LogP contribution in [0.25, 0.3) is 0 Å². The molecular formula is C21H26ClN3O4S. The summed E-state index contributed by atoms with van der Waals surface area (Å²) >= 11 is 6.08. The van der Waals surface area contributed by atoms with E-state index in [1.807, 2.05) is 36.9 Å². The molecule has 9 heteroatoms. The van der Waals surface area contributed by atoms with Crippen LogP contribution >= 0.6 is 11.6 Å². The predicted molar refractivity (Wildman–Crippen MR) is 117 cm³/mol. The van der Waals surface area contributed by atoms with Crippen LogP contribution in [0.15, 0.2) is 53.4 Å². The summed E-state index contributed by atoms with van der Waals surface area (Å²) in [5.74, 6) is 0.459. The molecule has 1 heterocycles. The van der Waals surface area contributed by atoms with Crippen molar-refractivity contribution in [3.8, 4) is 5.75 Å². The molecule has 1 N–H and O–H groups in total. The molecule has 162 valence electrons. The fourth-order valence-corrected chi connectivity index (χ4v) is 5.29. The molecule has 1 unspecified atom stereocenters. The van der Waals surface area contributed by atoms with E-state index >= 15 is 0 Å². The third-order valence-corrected chi connectivity index (χ3v) is 7.50. The van der Waals surface area contributed by atoms with E-state index in [0.29, 0.717) is 44.2 Å². The number of sulfonamides is 1. The molecular weight excluding hydrogens is 426 g/mol. The highest BCUT2D eigenvalue weighted by molar-refractivity contribution is 7.89. The van der Waals surface area contributed by atoms with Gasteiger partial charge in [0.1, 0.15) is 10.6 Å². The van der Waals surface area contributed by atoms with Gasteiger partial charge in [-0.2, -0.15) is 4.31 Å². The van der Waals surface area contributed by atoms with Gasteiger partial charge in [0.05, 0.1) is 23.4 Å². The standard InChI is InChI=1S/C21H26ClN3O4S/c1-3-29-19-10-6-5-9-18(19)23-21(26)16(2)24-12-14-25(15-13-24)30(27,28)20-11-7-4-8-17(20)22/h4-11,16H,3,12-15H2,1-2H3,(H,23,26). The largest absolute Gasteiger partial charge is 0.492 e. The first kappa shape index (κ1) is 22.6. The summed E-state index contributed by atoms with van der Waals surface area (Å²) in [7, 11) is -3.66. The Morgan fingerprint density at radius 3 is 2.40 bits per heavy atom. The molecule has 0 radical (unpaired) electrons. The Morgan fingerprint density at radius 2 is 1.73 bits per heavy atom. The second-order valence-electron chi connectivity index (χ2n) is 6.96. The molecule has 0 aromatic heterocycles. The van der Waals surface area contributed by atoms with Gasteiger partial charge in [-0.15, -0.1) is 0 Å². The zero-order valence-electron chi connectivity index (χ0n) is 17.0. The van der Waals surface area contributed by atoms with Gasteiger partial charge in [0.15, 0.2) is 0 Å². The lowest BCUT2D eigenvalue weighted by Gasteiger charge is -2.36. The highest BCUT2D eigenvalue weighted by atomic mass is 35.5. The smallest absolute Gasteiger partial charge is 0.244 e. The number of nitrogens with one attached hydrogen (secondary N) is 1. The molecule has 1 aliphatic heterocycles. The summed E-state index contributed by atoms with van der Waals surface area (Å²) in [5.41, 5.74) is 0.621. The number of para-hydroxylation sites is 2. The fraction of sp³-hybridized carbons (Fsp3) is 0.381. The summed E-state index contributed by atoms with van der Waals surface area (Å²) in [6.07, 6.45) is 0. The van der Waals surface area contributed by atoms with Gasteiger partial charge in [-0.05, 0) is 38.1 Å². The molecule has 0 aliphatic carbocycles. The van der Waals surface area contributed by atoms with Gasteiger partial charge < -0.3 is 10.1 Å². The predicted octanol–water partition coefficient (Wildman–Crippen LogP) is 3.07. The summed E-state index contributed by atoms with van der Waals surface area (Å²) < 4.78 is 32.7. The zero-order valence-corrected chi connectivity index (χ0v) is 18.6. The van der Waals surface area contributed by atoms with E-state index in [1.54, 1.807) is 24.3 Å². The van der Waals surface area contributed by atoms with Crippen molar-refractivity contribution in [2.24, 2.45) is 0 Å². The minimum Gasteiger partial charge on any atom is -0.492 e. The van der Waals surface area contributed by atoms with Crippen molar-refractivity contribution >= 4 is 33.2 Å². The Balaban J connectivity index is 1.62. The van der Waals surface area contributed by atoms with E-state index in [9.17, 15) is 13.2 Å². The van der Waals surface area contributed by atoms with Crippen molar-refractivity contribution in [1.29, 1.82) is 0 Å². The highest BCUT2D eigenvalue weighted by Crippen LogP contribution is 2.26. The molecule has 2 aromatic rings. The van der Waals surface area contributed by atoms with Gasteiger partial charge in [0.25, 0.3) is 0 Å². The number of hydrogen-bond donors (Lipinski definition) is 1. The lowest BCUT2D eigenvalue weighted by Crippen LogP contribution is -2.53. The maximum atomic E-state index is 12.9. The van der Waals surface area contributed by atoms with Crippen LogP contribution < -0.4 is 10.1 Å². The Labute approximate surface area is 182 Å². The van der Waals surface area contributed by atoms with Crippen molar-refractivity contribution < 1.29 is 17.9 Å². The van der Waals surface area contributed by atoms with E-state index in [-0.39, 0.29) is 15.8 Å². The number of carbonyl (C=O) groups excluding carboxylic acids is 1. The van der Waals surface area contributed by atoms with Crippen LogP contribution in [0.2, 0.25) is 5.02 Å². The number of amides is 1. The molecule has 0 spiro atoms. The minimum absolute atomic E-state index is 0.110. The maximum Gasteiger partial charge on any atom is 0.244 e. The fourth-order valence-electron chi connectivity index (χ4n) is 3.38. The molecule has 1 aliphatic rings. The summed E-state index contributed by atoms with van der Waals surface area (Å²) in [6.45, 7) is 5.69. The number of halogens is 1. The number of piperazine rings is 1. The van der Waals surface area contributed by atoms with E-state index in [0.717, 1.165) is 0 Å². The van der Waals surface area contributed by atoms with Gasteiger partial charge in [-0.3, -0.25) is 9.69 Å². The van der Waals surface area contributed by atoms with E-state index in [4.69, 9.17) is 16.3 Å². The van der Waals surface area contributed by atoms with Crippen molar-refractivity contribution in [2.45, 2.75) is 24.8 Å². The van der Waals surface area contributed by atoms with Gasteiger partial charge >= 0.3 is 0 Å². The van der Waals surface area contributed by atoms with E-state index in [2.05, 4.69) is 5.32 Å². The second kappa shape index (κ2) is 9.78. The molecule has 0 bridgehead atoms. The van der Waals surface area contributed by atoms with Crippen LogP contribution in [-0.2, 0) is 14.8 Å². The molecule has 1 fully saturated rings. The number of hydrogen-bond acceptors (Lipinski definition) is 5. The molecule has 7 nitrogen and oxygen atoms in total. The maximum absolute atomic E-state index is 12.9. The normalized spacial score (nSPS) is 16.8. The van der Waals surface area contributed by atoms with Crippen LogP contribution in [0.4, 0.5) is 5.69 Å². The van der Waals surface area contributed by atoms with Crippen LogP contribution in [0.1, 0.15) is 13.8 Å². The van der Waals surface area contributed by atoms with Crippen LogP contribution in [0, 0.1) is 0 Å². The van der Waals surface area contributed by atoms with Gasteiger partial charge in [0.2, 0.25) is 15.9 Å². The van der Waals surface area contributed by atoms with E-state index < -0.39 is 16.1 Å². The van der Waals surface area contributed by atoms with Crippen molar-refractivity contribution in [1.82, 2.24) is 9.21 Å². The van der Waals surface area contributed by atoms with Crippen molar-refractivity contribution in [3.63, 3.8) is 0 Å². The van der Waals surface area contributed by atoms with Gasteiger partial charge in [0, 0.05) is 26.2 Å². The molecule has 3 rings (SSSR count). The third-order valence-electron chi connectivity index (χ3n) is 5.10. The van der Waals surface area contributed by atoms with Gasteiger partial charge in [-0.1, -0.05) is 35.9 Å². The second-order valence-corrected chi connectivity index (χ2v) is 9.28. The number of anilines is 1. The Hall–Kier alpha value is -2.13. The number of ether oxygens (including phenoxy) is 1. The zero-order chi connectivity index (χ0) is 21.7. The highest BCUT2D eigenvalue weighted by Gasteiger charge is 2.32. The number of benzene rings is 2. The Bertz CT molecular complexity index is 991. The first-order valence-corrected chi connectivity index (χ1v) is 11.7. The third kappa shape index (κ3) is 4.95. The molecule has 30 heavy (non-hydrogen) atoms. The molecule has 0 saturated carbocycles. The average molecular weight is 452 g/mol. The van der Waals surface area contributed by atoms with Crippen LogP contribution in [-0.4, -0.2) is 62.4 Å². The van der Waals surface area contributed by atoms with Crippen molar-refractivity contribution in [3.05, 3.63) is 53.6 Å². The topological polar surface area (TPSA) is 79.0 Å². The van der Waals surface area contributed by atoms with Crippen molar-refractivity contribution in [2.75, 3.05) is 38.1 Å². The molecule has 1 saturated heterocycles. The summed E-state index contributed by atoms with van der Waals surface area (Å²) in [5, 5.41) is 3.12. The molecule has 2 aromatic carbocycles. The quantitative estimate of drug-likeness (QED) is 0.699. The summed E-state index contributed by atoms with van der Waals surface area (Å²) in [6, 6.07) is 13.3. The first-order valence-electron chi connectivity index (χ1n) is 9.86. The Morgan fingerprint density at radius 1 is 1.10 bits per heavy atom. The molecule has 1 amide bonds. The van der Waals surface area contributed by atoms with Crippen LogP contribution in [0.5, 0.6) is 5.75 Å². The average Bonchev–Trinajstić information content (AvgIpc) is 2.75. The lowest BCUT2D eigenvalue weighted by molar-refractivity contribution is -0.121. The van der Waals surface area contributed by atoms with Crippen LogP contribution in [0.3, 0.4) is 0 Å². The number of carbonyl (C=O) groups is 1. The monoisotopic (exact) mass is 451 g/mol. The number of rotatable bonds is 7. The minimum atomic E-state index is -3.66. The van der Waals surface area contributed by atoms with Gasteiger partial charge in [-0.25, -0.2) is 8.42 Å². The van der Waals surface area contributed by atoms with E-state index in [1.165, 1.54) is 10.4 Å². The lowest BCUT2D eigenvalue weighted by atomic mass is 10.2. The Kier molecular flexibility index (Phi) is 7.36. The summed E-state index contributed by atoms with van der Waals surface area (Å²) in [4.78, 5) is 14.8. The number of nitrogens with zero attached hydrogens (tertiary/aromatic N) is 2.